The standard InChI is InChI=1S/C19H20Cl2N2O2/c1-11(2)13-7-4-6-12(3)19(13)23-17(25)10-16(24)22-15-9-5-8-14(20)18(15)21/h4-9,11H,10H2,1-3H3,(H,22,24)(H,23,25). The number of aryl methyl sites for hydroxylation is 1. The molecular weight excluding hydrogens is 359 g/mol. The van der Waals surface area contributed by atoms with E-state index in [1.807, 2.05) is 25.1 Å². The van der Waals surface area contributed by atoms with Gasteiger partial charge < -0.3 is 10.6 Å². The van der Waals surface area contributed by atoms with Gasteiger partial charge in [0.05, 0.1) is 15.7 Å². The molecule has 0 atom stereocenters. The number of carbonyl (C=O) groups excluding carboxylic acids is 2. The zero-order valence-electron chi connectivity index (χ0n) is 14.3. The summed E-state index contributed by atoms with van der Waals surface area (Å²) >= 11 is 11.9. The van der Waals surface area contributed by atoms with Crippen LogP contribution in [0.5, 0.6) is 0 Å². The van der Waals surface area contributed by atoms with E-state index < -0.39 is 5.91 Å². The Bertz CT molecular complexity index is 804. The highest BCUT2D eigenvalue weighted by Gasteiger charge is 2.16. The summed E-state index contributed by atoms with van der Waals surface area (Å²) in [6.45, 7) is 6.03. The zero-order chi connectivity index (χ0) is 18.6. The molecule has 0 spiro atoms. The van der Waals surface area contributed by atoms with Crippen molar-refractivity contribution in [3.63, 3.8) is 0 Å². The van der Waals surface area contributed by atoms with Crippen LogP contribution >= 0.6 is 23.2 Å². The van der Waals surface area contributed by atoms with Crippen molar-refractivity contribution in [3.05, 3.63) is 57.6 Å². The minimum atomic E-state index is -0.457. The molecule has 2 amide bonds. The Balaban J connectivity index is 2.06. The molecule has 0 unspecified atom stereocenters. The molecule has 0 bridgehead atoms. The normalized spacial score (nSPS) is 10.6. The second kappa shape index (κ2) is 8.37. The highest BCUT2D eigenvalue weighted by Crippen LogP contribution is 2.30. The lowest BCUT2D eigenvalue weighted by Gasteiger charge is -2.16. The third kappa shape index (κ3) is 4.97. The molecule has 2 aromatic rings. The van der Waals surface area contributed by atoms with E-state index in [1.54, 1.807) is 18.2 Å². The van der Waals surface area contributed by atoms with Gasteiger partial charge in [0.25, 0.3) is 0 Å². The van der Waals surface area contributed by atoms with E-state index in [1.165, 1.54) is 0 Å². The number of hydrogen-bond donors (Lipinski definition) is 2. The van der Waals surface area contributed by atoms with Gasteiger partial charge in [0.2, 0.25) is 11.8 Å². The maximum absolute atomic E-state index is 12.3. The number of halogens is 2. The Morgan fingerprint density at radius 3 is 2.32 bits per heavy atom. The van der Waals surface area contributed by atoms with Gasteiger partial charge in [-0.25, -0.2) is 0 Å². The maximum Gasteiger partial charge on any atom is 0.233 e. The van der Waals surface area contributed by atoms with Crippen molar-refractivity contribution < 1.29 is 9.59 Å². The smallest absolute Gasteiger partial charge is 0.233 e. The highest BCUT2D eigenvalue weighted by molar-refractivity contribution is 6.44. The van der Waals surface area contributed by atoms with Crippen molar-refractivity contribution >= 4 is 46.4 Å². The SMILES string of the molecule is Cc1cccc(C(C)C)c1NC(=O)CC(=O)Nc1cccc(Cl)c1Cl. The molecule has 0 aliphatic carbocycles. The second-order valence-corrected chi connectivity index (χ2v) is 6.85. The number of carbonyl (C=O) groups is 2. The quantitative estimate of drug-likeness (QED) is 0.684. The lowest BCUT2D eigenvalue weighted by molar-refractivity contribution is -0.123. The molecule has 0 aliphatic rings. The van der Waals surface area contributed by atoms with Crippen LogP contribution in [0.2, 0.25) is 10.0 Å². The first-order valence-corrected chi connectivity index (χ1v) is 8.68. The molecule has 0 fully saturated rings. The van der Waals surface area contributed by atoms with Gasteiger partial charge in [0, 0.05) is 5.69 Å². The molecule has 25 heavy (non-hydrogen) atoms. The zero-order valence-corrected chi connectivity index (χ0v) is 15.8. The summed E-state index contributed by atoms with van der Waals surface area (Å²) < 4.78 is 0. The fraction of sp³-hybridized carbons (Fsp3) is 0.263. The van der Waals surface area contributed by atoms with Crippen LogP contribution in [-0.4, -0.2) is 11.8 Å². The highest BCUT2D eigenvalue weighted by atomic mass is 35.5. The van der Waals surface area contributed by atoms with E-state index in [0.29, 0.717) is 10.7 Å². The number of nitrogens with one attached hydrogen (secondary N) is 2. The molecule has 0 aliphatic heterocycles. The summed E-state index contributed by atoms with van der Waals surface area (Å²) in [6.07, 6.45) is -0.311. The predicted octanol–water partition coefficient (Wildman–Crippen LogP) is 5.39. The molecule has 2 N–H and O–H groups in total. The number of para-hydroxylation sites is 1. The number of rotatable bonds is 5. The van der Waals surface area contributed by atoms with E-state index in [2.05, 4.69) is 24.5 Å². The Morgan fingerprint density at radius 1 is 1.00 bits per heavy atom. The first-order valence-electron chi connectivity index (χ1n) is 7.92. The molecule has 132 valence electrons. The average Bonchev–Trinajstić information content (AvgIpc) is 2.53. The lowest BCUT2D eigenvalue weighted by Crippen LogP contribution is -2.22. The summed E-state index contributed by atoms with van der Waals surface area (Å²) in [4.78, 5) is 24.4. The Hall–Kier alpha value is -2.04. The van der Waals surface area contributed by atoms with E-state index in [9.17, 15) is 9.59 Å². The van der Waals surface area contributed by atoms with Crippen LogP contribution in [0.15, 0.2) is 36.4 Å². The van der Waals surface area contributed by atoms with Gasteiger partial charge >= 0.3 is 0 Å². The first kappa shape index (κ1) is 19.3. The van der Waals surface area contributed by atoms with Crippen molar-refractivity contribution in [2.75, 3.05) is 10.6 Å². The third-order valence-corrected chi connectivity index (χ3v) is 4.56. The van der Waals surface area contributed by atoms with Crippen LogP contribution in [0.1, 0.15) is 37.3 Å². The molecule has 0 radical (unpaired) electrons. The van der Waals surface area contributed by atoms with Gasteiger partial charge in [-0.2, -0.15) is 0 Å². The average molecular weight is 379 g/mol. The van der Waals surface area contributed by atoms with Crippen LogP contribution in [0, 0.1) is 6.92 Å². The van der Waals surface area contributed by atoms with Crippen LogP contribution in [0.25, 0.3) is 0 Å². The molecule has 0 aromatic heterocycles. The van der Waals surface area contributed by atoms with E-state index in [4.69, 9.17) is 23.2 Å². The molecule has 2 rings (SSSR count). The largest absolute Gasteiger partial charge is 0.325 e. The van der Waals surface area contributed by atoms with Crippen LogP contribution in [0.3, 0.4) is 0 Å². The minimum absolute atomic E-state index is 0.249. The van der Waals surface area contributed by atoms with Crippen molar-refractivity contribution in [1.29, 1.82) is 0 Å². The van der Waals surface area contributed by atoms with Crippen molar-refractivity contribution in [2.45, 2.75) is 33.1 Å². The summed E-state index contributed by atoms with van der Waals surface area (Å²) in [6, 6.07) is 10.8. The van der Waals surface area contributed by atoms with Gasteiger partial charge in [-0.1, -0.05) is 61.3 Å². The van der Waals surface area contributed by atoms with Gasteiger partial charge in [-0.05, 0) is 36.1 Å². The first-order chi connectivity index (χ1) is 11.8. The maximum atomic E-state index is 12.3. The Labute approximate surface area is 157 Å². The predicted molar refractivity (Wildman–Crippen MR) is 104 cm³/mol. The summed E-state index contributed by atoms with van der Waals surface area (Å²) in [5.41, 5.74) is 3.13. The molecule has 4 nitrogen and oxygen atoms in total. The van der Waals surface area contributed by atoms with Crippen LogP contribution in [0.4, 0.5) is 11.4 Å². The lowest BCUT2D eigenvalue weighted by atomic mass is 9.98. The topological polar surface area (TPSA) is 58.2 Å². The summed E-state index contributed by atoms with van der Waals surface area (Å²) in [7, 11) is 0. The third-order valence-electron chi connectivity index (χ3n) is 3.74. The van der Waals surface area contributed by atoms with Gasteiger partial charge in [0.15, 0.2) is 0 Å². The fourth-order valence-electron chi connectivity index (χ4n) is 2.47. The molecule has 6 heteroatoms. The molecule has 2 aromatic carbocycles. The van der Waals surface area contributed by atoms with Gasteiger partial charge in [0.1, 0.15) is 6.42 Å². The van der Waals surface area contributed by atoms with Crippen LogP contribution < -0.4 is 10.6 Å². The number of benzene rings is 2. The molecular formula is C19H20Cl2N2O2. The van der Waals surface area contributed by atoms with Crippen molar-refractivity contribution in [3.8, 4) is 0 Å². The van der Waals surface area contributed by atoms with Gasteiger partial charge in [-0.3, -0.25) is 9.59 Å². The van der Waals surface area contributed by atoms with Crippen molar-refractivity contribution in [1.82, 2.24) is 0 Å². The van der Waals surface area contributed by atoms with Crippen molar-refractivity contribution in [2.24, 2.45) is 0 Å². The molecule has 0 saturated heterocycles. The fourth-order valence-corrected chi connectivity index (χ4v) is 2.81. The van der Waals surface area contributed by atoms with Gasteiger partial charge in [-0.15, -0.1) is 0 Å². The van der Waals surface area contributed by atoms with Crippen LogP contribution in [-0.2, 0) is 9.59 Å². The Morgan fingerprint density at radius 2 is 1.64 bits per heavy atom. The Kier molecular flexibility index (Phi) is 6.45. The summed E-state index contributed by atoms with van der Waals surface area (Å²) in [5, 5.41) is 6.03. The number of amides is 2. The number of hydrogen-bond acceptors (Lipinski definition) is 2. The van der Waals surface area contributed by atoms with E-state index >= 15 is 0 Å². The number of anilines is 2. The monoisotopic (exact) mass is 378 g/mol. The minimum Gasteiger partial charge on any atom is -0.325 e. The van der Waals surface area contributed by atoms with E-state index in [-0.39, 0.29) is 23.3 Å². The molecule has 0 saturated carbocycles. The summed E-state index contributed by atoms with van der Waals surface area (Å²) in [5.74, 6) is -0.581. The molecule has 0 heterocycles. The van der Waals surface area contributed by atoms with E-state index in [0.717, 1.165) is 16.8 Å². The second-order valence-electron chi connectivity index (χ2n) is 6.07.